The van der Waals surface area contributed by atoms with Gasteiger partial charge >= 0.3 is 6.09 Å². The average molecular weight is 739 g/mol. The van der Waals surface area contributed by atoms with Crippen LogP contribution in [0.3, 0.4) is 0 Å². The molecule has 1 atom stereocenters. The Balaban J connectivity index is 1.02. The molecule has 4 aromatic carbocycles. The maximum absolute atomic E-state index is 13.0. The molecule has 5 aromatic rings. The Bertz CT molecular complexity index is 2140. The Morgan fingerprint density at radius 3 is 2.49 bits per heavy atom. The van der Waals surface area contributed by atoms with E-state index >= 15 is 0 Å². The number of H-pyrrole nitrogens is 1. The number of likely N-dealkylation sites (tertiary alicyclic amines) is 1. The lowest BCUT2D eigenvalue weighted by Crippen LogP contribution is -2.48. The van der Waals surface area contributed by atoms with E-state index in [2.05, 4.69) is 35.0 Å². The Morgan fingerprint density at radius 2 is 1.74 bits per heavy atom. The lowest BCUT2D eigenvalue weighted by Gasteiger charge is -2.36. The summed E-state index contributed by atoms with van der Waals surface area (Å²) in [5, 5.41) is 31.1. The second-order valence-electron chi connectivity index (χ2n) is 14.1. The van der Waals surface area contributed by atoms with Gasteiger partial charge in [0.15, 0.2) is 0 Å². The maximum atomic E-state index is 13.0. The molecule has 6 rings (SSSR count). The molecule has 0 saturated carbocycles. The zero-order chi connectivity index (χ0) is 37.5. The third kappa shape index (κ3) is 9.82. The van der Waals surface area contributed by atoms with Gasteiger partial charge in [0.05, 0.1) is 44.5 Å². The number of hydrogen-bond donors (Lipinski definition) is 6. The minimum atomic E-state index is -0.909. The summed E-state index contributed by atoms with van der Waals surface area (Å²) in [6.07, 6.45) is 0.905. The highest BCUT2D eigenvalue weighted by molar-refractivity contribution is 6.31. The molecule has 0 unspecified atom stereocenters. The summed E-state index contributed by atoms with van der Waals surface area (Å²) in [7, 11) is 4.37. The van der Waals surface area contributed by atoms with Crippen LogP contribution in [0.1, 0.15) is 42.1 Å². The van der Waals surface area contributed by atoms with E-state index < -0.39 is 12.2 Å². The van der Waals surface area contributed by atoms with E-state index in [1.165, 1.54) is 12.1 Å². The number of ether oxygens (including phenoxy) is 1. The van der Waals surface area contributed by atoms with E-state index in [0.717, 1.165) is 52.7 Å². The summed E-state index contributed by atoms with van der Waals surface area (Å²) < 4.78 is 6.70. The monoisotopic (exact) mass is 738 g/mol. The van der Waals surface area contributed by atoms with Crippen molar-refractivity contribution >= 4 is 45.9 Å². The number of aliphatic hydroxyl groups is 1. The molecule has 1 saturated heterocycles. The molecule has 53 heavy (non-hydrogen) atoms. The smallest absolute Gasteiger partial charge is 0.411 e. The summed E-state index contributed by atoms with van der Waals surface area (Å²) in [6, 6.07) is 26.8. The van der Waals surface area contributed by atoms with E-state index in [-0.39, 0.29) is 41.8 Å². The Hall–Kier alpha value is -5.20. The number of quaternary nitrogens is 1. The van der Waals surface area contributed by atoms with E-state index in [9.17, 15) is 24.6 Å². The van der Waals surface area contributed by atoms with Crippen molar-refractivity contribution in [1.82, 2.24) is 10.3 Å². The van der Waals surface area contributed by atoms with E-state index in [0.29, 0.717) is 40.3 Å². The number of piperidine rings is 1. The average Bonchev–Trinajstić information content (AvgIpc) is 3.13. The first kappa shape index (κ1) is 37.6. The van der Waals surface area contributed by atoms with Crippen LogP contribution in [-0.2, 0) is 22.5 Å². The number of nitrogens with one attached hydrogen (secondary N) is 4. The highest BCUT2D eigenvalue weighted by Crippen LogP contribution is 2.31. The number of hydrogen-bond acceptors (Lipinski definition) is 7. The maximum Gasteiger partial charge on any atom is 0.411 e. The SMILES string of the molecule is C[N+]1(C)CCC(OC(=O)Nc2ccc(CCC(=O)Nc3ccc(CNC[C@H](O)c4ccc(O)c5[nH]c(=O)ccc45)c(Cl)c3)cc2-c2ccccc2)CC1. The molecule has 0 aliphatic carbocycles. The number of nitrogens with zero attached hydrogens (tertiary/aromatic N) is 1. The van der Waals surface area contributed by atoms with Gasteiger partial charge in [-0.3, -0.25) is 14.9 Å². The molecule has 2 amide bonds. The number of pyridine rings is 1. The fraction of sp³-hybridized carbons (Fsp3) is 0.293. The molecule has 1 aromatic heterocycles. The van der Waals surface area contributed by atoms with Crippen molar-refractivity contribution in [2.45, 2.75) is 44.4 Å². The summed E-state index contributed by atoms with van der Waals surface area (Å²) >= 11 is 6.57. The largest absolute Gasteiger partial charge is 0.506 e. The van der Waals surface area contributed by atoms with Crippen molar-refractivity contribution in [2.24, 2.45) is 0 Å². The highest BCUT2D eigenvalue weighted by Gasteiger charge is 2.28. The number of carbonyl (C=O) groups is 2. The van der Waals surface area contributed by atoms with E-state index in [4.69, 9.17) is 16.3 Å². The number of fused-ring (bicyclic) bond motifs is 1. The number of phenolic OH excluding ortho intramolecular Hbond substituents is 1. The molecule has 1 aliphatic rings. The van der Waals surface area contributed by atoms with Crippen LogP contribution in [0, 0.1) is 0 Å². The second-order valence-corrected chi connectivity index (χ2v) is 14.6. The normalized spacial score (nSPS) is 14.8. The number of aromatic nitrogens is 1. The number of anilines is 2. The predicted molar refractivity (Wildman–Crippen MR) is 208 cm³/mol. The van der Waals surface area contributed by atoms with Crippen LogP contribution in [0.5, 0.6) is 5.75 Å². The van der Waals surface area contributed by atoms with Gasteiger partial charge in [0.2, 0.25) is 11.5 Å². The number of carbonyl (C=O) groups excluding carboxylic acids is 2. The fourth-order valence-corrected chi connectivity index (χ4v) is 6.86. The van der Waals surface area contributed by atoms with Gasteiger partial charge in [-0.2, -0.15) is 0 Å². The molecular formula is C41H45ClN5O6+. The predicted octanol–water partition coefficient (Wildman–Crippen LogP) is 6.74. The first-order chi connectivity index (χ1) is 25.4. The molecule has 6 N–H and O–H groups in total. The number of aromatic hydroxyl groups is 1. The van der Waals surface area contributed by atoms with Crippen LogP contribution in [0.25, 0.3) is 22.0 Å². The molecule has 11 nitrogen and oxygen atoms in total. The quantitative estimate of drug-likeness (QED) is 0.0776. The molecule has 0 bridgehead atoms. The summed E-state index contributed by atoms with van der Waals surface area (Å²) in [5.74, 6) is -0.239. The zero-order valence-electron chi connectivity index (χ0n) is 29.8. The van der Waals surface area contributed by atoms with E-state index in [1.54, 1.807) is 24.3 Å². The summed E-state index contributed by atoms with van der Waals surface area (Å²) in [6.45, 7) is 2.48. The Labute approximate surface area is 313 Å². The molecular weight excluding hydrogens is 694 g/mol. The molecule has 1 fully saturated rings. The minimum Gasteiger partial charge on any atom is -0.506 e. The lowest BCUT2D eigenvalue weighted by molar-refractivity contribution is -0.896. The molecule has 276 valence electrons. The number of halogens is 1. The van der Waals surface area contributed by atoms with Crippen molar-refractivity contribution in [3.05, 3.63) is 123 Å². The molecule has 12 heteroatoms. The van der Waals surface area contributed by atoms with Crippen molar-refractivity contribution in [3.63, 3.8) is 0 Å². The Kier molecular flexibility index (Phi) is 11.8. The fourth-order valence-electron chi connectivity index (χ4n) is 6.62. The van der Waals surface area contributed by atoms with Gasteiger partial charge < -0.3 is 35.1 Å². The molecule has 1 aliphatic heterocycles. The van der Waals surface area contributed by atoms with E-state index in [1.807, 2.05) is 54.6 Å². The third-order valence-electron chi connectivity index (χ3n) is 9.69. The van der Waals surface area contributed by atoms with Crippen LogP contribution in [0.2, 0.25) is 5.02 Å². The van der Waals surface area contributed by atoms with Crippen molar-refractivity contribution in [3.8, 4) is 16.9 Å². The van der Waals surface area contributed by atoms with Crippen LogP contribution in [-0.4, -0.2) is 71.5 Å². The zero-order valence-corrected chi connectivity index (χ0v) is 30.6. The standard InChI is InChI=1S/C41H44ClN5O6/c1-47(2)20-18-30(19-21-47)53-41(52)45-35-14-8-26(22-33(35)27-6-4-3-5-7-27)9-16-38(50)44-29-11-10-28(34(42)23-29)24-43-25-37(49)31-12-15-36(48)40-32(31)13-17-39(51)46-40/h3-8,10-15,17,22-23,30,37,43,49H,9,16,18-21,24-25H2,1-2H3,(H3-,44,45,46,48,50,51,52)/p+1/t37-/m0/s1. The van der Waals surface area contributed by atoms with Gasteiger partial charge in [-0.25, -0.2) is 4.79 Å². The number of aromatic amines is 1. The van der Waals surface area contributed by atoms with Gasteiger partial charge in [-0.1, -0.05) is 60.1 Å². The number of benzene rings is 4. The van der Waals surface area contributed by atoms with Crippen molar-refractivity contribution < 1.29 is 29.0 Å². The van der Waals surface area contributed by atoms with Crippen LogP contribution in [0.4, 0.5) is 16.2 Å². The molecule has 0 spiro atoms. The number of amides is 2. The minimum absolute atomic E-state index is 0.0712. The lowest BCUT2D eigenvalue weighted by atomic mass is 9.99. The van der Waals surface area contributed by atoms with Crippen LogP contribution >= 0.6 is 11.6 Å². The van der Waals surface area contributed by atoms with Crippen LogP contribution in [0.15, 0.2) is 95.8 Å². The third-order valence-corrected chi connectivity index (χ3v) is 10.0. The number of aryl methyl sites for hydroxylation is 1. The van der Waals surface area contributed by atoms with Gasteiger partial charge in [0.25, 0.3) is 0 Å². The second kappa shape index (κ2) is 16.6. The Morgan fingerprint density at radius 1 is 0.962 bits per heavy atom. The van der Waals surface area contributed by atoms with Gasteiger partial charge in [-0.15, -0.1) is 0 Å². The van der Waals surface area contributed by atoms with Gasteiger partial charge in [-0.05, 0) is 65.1 Å². The summed E-state index contributed by atoms with van der Waals surface area (Å²) in [4.78, 5) is 40.2. The molecule has 0 radical (unpaired) electrons. The van der Waals surface area contributed by atoms with Gasteiger partial charge in [0, 0.05) is 60.1 Å². The summed E-state index contributed by atoms with van der Waals surface area (Å²) in [5.41, 5.74) is 5.21. The van der Waals surface area contributed by atoms with Gasteiger partial charge in [0.1, 0.15) is 11.9 Å². The first-order valence-corrected chi connectivity index (χ1v) is 18.1. The molecule has 2 heterocycles. The number of rotatable bonds is 12. The highest BCUT2D eigenvalue weighted by atomic mass is 35.5. The van der Waals surface area contributed by atoms with Crippen molar-refractivity contribution in [1.29, 1.82) is 0 Å². The van der Waals surface area contributed by atoms with Crippen LogP contribution < -0.4 is 21.5 Å². The number of phenols is 1. The first-order valence-electron chi connectivity index (χ1n) is 17.7. The number of aliphatic hydroxyl groups excluding tert-OH is 1. The topological polar surface area (TPSA) is 153 Å². The van der Waals surface area contributed by atoms with Crippen molar-refractivity contribution in [2.75, 3.05) is 44.4 Å².